The Morgan fingerprint density at radius 3 is 2.04 bits per heavy atom. The van der Waals surface area contributed by atoms with Crippen LogP contribution in [0.3, 0.4) is 0 Å². The smallest absolute Gasteiger partial charge is 0.270 e. The highest BCUT2D eigenvalue weighted by Crippen LogP contribution is 2.24. The van der Waals surface area contributed by atoms with Gasteiger partial charge in [0.25, 0.3) is 5.69 Å². The molecule has 0 N–H and O–H groups in total. The zero-order valence-corrected chi connectivity index (χ0v) is 12.2. The quantitative estimate of drug-likeness (QED) is 0.405. The molecule has 3 aromatic carbocycles. The fourth-order valence-corrected chi connectivity index (χ4v) is 2.37. The number of ketones is 1. The molecule has 4 nitrogen and oxygen atoms in total. The van der Waals surface area contributed by atoms with Crippen LogP contribution >= 0.6 is 0 Å². The average Bonchev–Trinajstić information content (AvgIpc) is 2.62. The molecule has 0 radical (unpaired) electrons. The molecular weight excluding hydrogens is 290 g/mol. The topological polar surface area (TPSA) is 60.2 Å². The van der Waals surface area contributed by atoms with E-state index in [1.54, 1.807) is 48.5 Å². The average molecular weight is 303 g/mol. The number of nitro benzene ring substituents is 1. The number of carbonyl (C=O) groups excluding carboxylic acids is 1. The molecule has 0 atom stereocenters. The van der Waals surface area contributed by atoms with E-state index in [0.29, 0.717) is 11.1 Å². The Kier molecular flexibility index (Phi) is 3.97. The van der Waals surface area contributed by atoms with Crippen molar-refractivity contribution in [2.24, 2.45) is 0 Å². The number of hydrogen-bond donors (Lipinski definition) is 0. The fourth-order valence-electron chi connectivity index (χ4n) is 2.37. The van der Waals surface area contributed by atoms with Gasteiger partial charge in [-0.1, -0.05) is 66.7 Å². The molecule has 0 fully saturated rings. The molecule has 0 aliphatic rings. The molecule has 0 saturated heterocycles. The first kappa shape index (κ1) is 14.7. The zero-order chi connectivity index (χ0) is 16.2. The van der Waals surface area contributed by atoms with Crippen LogP contribution < -0.4 is 0 Å². The van der Waals surface area contributed by atoms with Gasteiger partial charge in [-0.25, -0.2) is 0 Å². The second-order valence-corrected chi connectivity index (χ2v) is 5.08. The van der Waals surface area contributed by atoms with Crippen molar-refractivity contribution < 1.29 is 9.72 Å². The fraction of sp³-hybridized carbons (Fsp3) is 0. The minimum atomic E-state index is -0.420. The van der Waals surface area contributed by atoms with Crippen molar-refractivity contribution >= 4 is 11.5 Å². The molecule has 0 aromatic heterocycles. The molecule has 0 amide bonds. The molecule has 0 unspecified atom stereocenters. The van der Waals surface area contributed by atoms with Crippen LogP contribution in [0.4, 0.5) is 5.69 Å². The van der Waals surface area contributed by atoms with E-state index in [1.807, 2.05) is 18.2 Å². The van der Waals surface area contributed by atoms with Crippen molar-refractivity contribution in [2.75, 3.05) is 0 Å². The van der Waals surface area contributed by atoms with Gasteiger partial charge in [-0.3, -0.25) is 14.9 Å². The number of non-ortho nitro benzene ring substituents is 1. The molecule has 0 aliphatic heterocycles. The summed E-state index contributed by atoms with van der Waals surface area (Å²) >= 11 is 0. The van der Waals surface area contributed by atoms with Crippen LogP contribution in [-0.4, -0.2) is 10.7 Å². The van der Waals surface area contributed by atoms with Gasteiger partial charge in [-0.05, 0) is 11.1 Å². The molecule has 112 valence electrons. The summed E-state index contributed by atoms with van der Waals surface area (Å²) in [5.74, 6) is -0.0452. The van der Waals surface area contributed by atoms with Gasteiger partial charge in [0.1, 0.15) is 0 Å². The van der Waals surface area contributed by atoms with Gasteiger partial charge in [-0.2, -0.15) is 0 Å². The van der Waals surface area contributed by atoms with E-state index in [1.165, 1.54) is 12.1 Å². The maximum Gasteiger partial charge on any atom is 0.270 e. The summed E-state index contributed by atoms with van der Waals surface area (Å²) in [6, 6.07) is 22.6. The molecule has 0 bridgehead atoms. The first-order valence-electron chi connectivity index (χ1n) is 7.10. The van der Waals surface area contributed by atoms with Crippen molar-refractivity contribution in [3.05, 3.63) is 100 Å². The van der Waals surface area contributed by atoms with Crippen molar-refractivity contribution in [1.82, 2.24) is 0 Å². The lowest BCUT2D eigenvalue weighted by Gasteiger charge is -2.04. The van der Waals surface area contributed by atoms with E-state index >= 15 is 0 Å². The number of nitrogens with zero attached hydrogens (tertiary/aromatic N) is 1. The van der Waals surface area contributed by atoms with Gasteiger partial charge in [0.05, 0.1) is 4.92 Å². The van der Waals surface area contributed by atoms with Crippen LogP contribution in [0.2, 0.25) is 0 Å². The molecule has 3 rings (SSSR count). The molecule has 0 aliphatic carbocycles. The monoisotopic (exact) mass is 303 g/mol. The molecule has 23 heavy (non-hydrogen) atoms. The van der Waals surface area contributed by atoms with Gasteiger partial charge in [-0.15, -0.1) is 0 Å². The van der Waals surface area contributed by atoms with Gasteiger partial charge in [0, 0.05) is 23.3 Å². The lowest BCUT2D eigenvalue weighted by atomic mass is 9.99. The minimum absolute atomic E-state index is 0.0452. The second-order valence-electron chi connectivity index (χ2n) is 5.08. The minimum Gasteiger partial charge on any atom is -0.289 e. The summed E-state index contributed by atoms with van der Waals surface area (Å²) in [6.45, 7) is 0. The highest BCUT2D eigenvalue weighted by atomic mass is 16.6. The summed E-state index contributed by atoms with van der Waals surface area (Å²) in [5, 5.41) is 10.8. The lowest BCUT2D eigenvalue weighted by molar-refractivity contribution is -0.384. The van der Waals surface area contributed by atoms with Crippen LogP contribution in [0.25, 0.3) is 11.1 Å². The predicted octanol–water partition coefficient (Wildman–Crippen LogP) is 4.49. The Morgan fingerprint density at radius 2 is 1.39 bits per heavy atom. The van der Waals surface area contributed by atoms with Gasteiger partial charge in [0.15, 0.2) is 5.78 Å². The van der Waals surface area contributed by atoms with E-state index in [0.717, 1.165) is 11.1 Å². The van der Waals surface area contributed by atoms with E-state index in [4.69, 9.17) is 0 Å². The number of nitro groups is 1. The van der Waals surface area contributed by atoms with Crippen LogP contribution in [0.5, 0.6) is 0 Å². The van der Waals surface area contributed by atoms with E-state index in [9.17, 15) is 14.9 Å². The van der Waals surface area contributed by atoms with E-state index in [2.05, 4.69) is 0 Å². The summed E-state index contributed by atoms with van der Waals surface area (Å²) in [5.41, 5.74) is 2.85. The van der Waals surface area contributed by atoms with Crippen LogP contribution in [0.15, 0.2) is 78.9 Å². The largest absolute Gasteiger partial charge is 0.289 e. The lowest BCUT2D eigenvalue weighted by Crippen LogP contribution is -2.00. The maximum absolute atomic E-state index is 12.3. The molecular formula is C19H13NO3. The maximum atomic E-state index is 12.3. The number of carbonyl (C=O) groups is 1. The first-order valence-corrected chi connectivity index (χ1v) is 7.10. The standard InChI is InChI=1S/C19H13NO3/c21-19(15-5-2-1-3-6-15)16-11-9-14(10-12-16)17-7-4-8-18(13-17)20(22)23/h1-13H. The number of rotatable bonds is 4. The third-order valence-electron chi connectivity index (χ3n) is 3.57. The van der Waals surface area contributed by atoms with Crippen molar-refractivity contribution in [3.8, 4) is 11.1 Å². The Bertz CT molecular complexity index is 855. The van der Waals surface area contributed by atoms with Crippen LogP contribution in [0, 0.1) is 10.1 Å². The highest BCUT2D eigenvalue weighted by molar-refractivity contribution is 6.09. The molecule has 4 heteroatoms. The van der Waals surface area contributed by atoms with Gasteiger partial charge in [0.2, 0.25) is 0 Å². The Balaban J connectivity index is 1.89. The SMILES string of the molecule is O=C(c1ccccc1)c1ccc(-c2cccc([N+](=O)[O-])c2)cc1. The molecule has 0 saturated carbocycles. The Labute approximate surface area is 133 Å². The highest BCUT2D eigenvalue weighted by Gasteiger charge is 2.10. The Morgan fingerprint density at radius 1 is 0.739 bits per heavy atom. The van der Waals surface area contributed by atoms with E-state index in [-0.39, 0.29) is 11.5 Å². The first-order chi connectivity index (χ1) is 11.1. The van der Waals surface area contributed by atoms with Gasteiger partial charge < -0.3 is 0 Å². The van der Waals surface area contributed by atoms with Crippen LogP contribution in [0.1, 0.15) is 15.9 Å². The zero-order valence-electron chi connectivity index (χ0n) is 12.2. The van der Waals surface area contributed by atoms with Gasteiger partial charge >= 0.3 is 0 Å². The summed E-state index contributed by atoms with van der Waals surface area (Å²) < 4.78 is 0. The third-order valence-corrected chi connectivity index (χ3v) is 3.57. The number of hydrogen-bond acceptors (Lipinski definition) is 3. The van der Waals surface area contributed by atoms with E-state index < -0.39 is 4.92 Å². The summed E-state index contributed by atoms with van der Waals surface area (Å²) in [4.78, 5) is 22.8. The Hall–Kier alpha value is -3.27. The van der Waals surface area contributed by atoms with Crippen molar-refractivity contribution in [1.29, 1.82) is 0 Å². The molecule has 0 heterocycles. The third kappa shape index (κ3) is 3.16. The van der Waals surface area contributed by atoms with Crippen molar-refractivity contribution in [3.63, 3.8) is 0 Å². The molecule has 3 aromatic rings. The normalized spacial score (nSPS) is 10.3. The summed E-state index contributed by atoms with van der Waals surface area (Å²) in [6.07, 6.45) is 0. The van der Waals surface area contributed by atoms with Crippen molar-refractivity contribution in [2.45, 2.75) is 0 Å². The number of benzene rings is 3. The predicted molar refractivity (Wildman–Crippen MR) is 88.4 cm³/mol. The summed E-state index contributed by atoms with van der Waals surface area (Å²) in [7, 11) is 0. The second kappa shape index (κ2) is 6.23. The van der Waals surface area contributed by atoms with Crippen LogP contribution in [-0.2, 0) is 0 Å². The molecule has 0 spiro atoms.